The van der Waals surface area contributed by atoms with E-state index in [1.807, 2.05) is 4.72 Å². The number of rotatable bonds is 12. The van der Waals surface area contributed by atoms with Crippen LogP contribution in [0, 0.1) is 11.6 Å². The highest BCUT2D eigenvalue weighted by Gasteiger charge is 2.31. The average molecular weight is 611 g/mol. The minimum absolute atomic E-state index is 0.00467. The largest absolute Gasteiger partial charge is 0.463 e. The fraction of sp³-hybridized carbons (Fsp3) is 0.476. The zero-order chi connectivity index (χ0) is 28.8. The molecule has 2 aromatic rings. The first kappa shape index (κ1) is 30.9. The summed E-state index contributed by atoms with van der Waals surface area (Å²) in [5.41, 5.74) is -0.00467. The molecule has 1 fully saturated rings. The number of aromatic nitrogens is 2. The standard InChI is InChI=1S/C21H28F2N6O7S3/c1-4-35-20(30)14(3)36-18-10-17(25-21(26-18)37-12-15-6-5-7-16(22)19(15)23)27-38(31,32)28-39(33,34)29-9-8-24-13(2)11-29/h5-7,10,13-14,24,28H,4,8-9,11-12H2,1-3H3,(H,25,26,27)/t13-,14+/m0/s1. The topological polar surface area (TPSA) is 169 Å². The molecule has 3 N–H and O–H groups in total. The van der Waals surface area contributed by atoms with Crippen LogP contribution in [0.2, 0.25) is 0 Å². The summed E-state index contributed by atoms with van der Waals surface area (Å²) in [6, 6.07) is 4.47. The number of benzene rings is 1. The number of anilines is 1. The Morgan fingerprint density at radius 3 is 2.72 bits per heavy atom. The number of nitrogens with one attached hydrogen (secondary N) is 3. The highest BCUT2D eigenvalue weighted by atomic mass is 32.3. The lowest BCUT2D eigenvalue weighted by Crippen LogP contribution is -2.55. The molecule has 0 saturated carbocycles. The molecule has 13 nitrogen and oxygen atoms in total. The molecular formula is C21H28F2N6O7S3. The molecule has 2 atom stereocenters. The number of nitrogens with zero attached hydrogens (tertiary/aromatic N) is 3. The number of hydrogen-bond acceptors (Lipinski definition) is 11. The van der Waals surface area contributed by atoms with Crippen LogP contribution in [0.15, 0.2) is 29.4 Å². The van der Waals surface area contributed by atoms with Crippen LogP contribution in [0.4, 0.5) is 14.6 Å². The van der Waals surface area contributed by atoms with Gasteiger partial charge in [-0.05, 0) is 26.8 Å². The van der Waals surface area contributed by atoms with E-state index in [-0.39, 0.29) is 48.1 Å². The van der Waals surface area contributed by atoms with Crippen molar-refractivity contribution in [2.24, 2.45) is 0 Å². The quantitative estimate of drug-likeness (QED) is 0.179. The Labute approximate surface area is 229 Å². The van der Waals surface area contributed by atoms with Gasteiger partial charge >= 0.3 is 16.2 Å². The van der Waals surface area contributed by atoms with Crippen LogP contribution in [0.1, 0.15) is 26.3 Å². The van der Waals surface area contributed by atoms with E-state index in [2.05, 4.69) is 15.3 Å². The van der Waals surface area contributed by atoms with Gasteiger partial charge in [-0.1, -0.05) is 28.0 Å². The van der Waals surface area contributed by atoms with Crippen molar-refractivity contribution < 1.29 is 39.9 Å². The number of hydrogen-bond donors (Lipinski definition) is 3. The first-order chi connectivity index (χ1) is 18.3. The second-order valence-corrected chi connectivity index (χ2v) is 12.6. The first-order valence-corrected chi connectivity index (χ1v) is 15.5. The van der Waals surface area contributed by atoms with Crippen LogP contribution < -0.4 is 18.9 Å². The van der Waals surface area contributed by atoms with Crippen LogP contribution in [0.25, 0.3) is 0 Å². The molecular weight excluding hydrogens is 582 g/mol. The van der Waals surface area contributed by atoms with Crippen molar-refractivity contribution in [1.29, 1.82) is 0 Å². The SMILES string of the molecule is CCOC(=O)[C@@H](C)Oc1cc(NS(=O)(=O)NS(=O)(=O)N2CCN[C@@H](C)C2)nc(SCc2cccc(F)c2F)n1. The second kappa shape index (κ2) is 13.1. The Bertz CT molecular complexity index is 1400. The van der Waals surface area contributed by atoms with E-state index in [1.165, 1.54) is 19.1 Å². The van der Waals surface area contributed by atoms with Crippen LogP contribution >= 0.6 is 11.8 Å². The Hall–Kier alpha value is -2.64. The van der Waals surface area contributed by atoms with Gasteiger partial charge in [0.1, 0.15) is 5.82 Å². The Kier molecular flexibility index (Phi) is 10.4. The maximum absolute atomic E-state index is 14.1. The summed E-state index contributed by atoms with van der Waals surface area (Å²) in [4.78, 5) is 20.1. The minimum atomic E-state index is -4.73. The Morgan fingerprint density at radius 2 is 2.03 bits per heavy atom. The molecule has 1 aliphatic heterocycles. The van der Waals surface area contributed by atoms with Crippen molar-refractivity contribution in [3.05, 3.63) is 41.5 Å². The molecule has 216 valence electrons. The Balaban J connectivity index is 1.84. The lowest BCUT2D eigenvalue weighted by Gasteiger charge is -2.30. The van der Waals surface area contributed by atoms with Gasteiger partial charge in [0.25, 0.3) is 10.2 Å². The number of carbonyl (C=O) groups is 1. The molecule has 2 heterocycles. The highest BCUT2D eigenvalue weighted by Crippen LogP contribution is 2.26. The molecule has 0 radical (unpaired) electrons. The van der Waals surface area contributed by atoms with Gasteiger partial charge < -0.3 is 14.8 Å². The zero-order valence-corrected chi connectivity index (χ0v) is 23.6. The average Bonchev–Trinajstić information content (AvgIpc) is 2.84. The van der Waals surface area contributed by atoms with E-state index in [0.29, 0.717) is 6.54 Å². The van der Waals surface area contributed by atoms with Gasteiger partial charge in [-0.15, -0.1) is 0 Å². The number of piperazine rings is 1. The molecule has 0 bridgehead atoms. The summed E-state index contributed by atoms with van der Waals surface area (Å²) in [6.45, 7) is 5.28. The Morgan fingerprint density at radius 1 is 1.28 bits per heavy atom. The monoisotopic (exact) mass is 610 g/mol. The maximum Gasteiger partial charge on any atom is 0.347 e. The van der Waals surface area contributed by atoms with Gasteiger partial charge in [0, 0.05) is 43.1 Å². The first-order valence-electron chi connectivity index (χ1n) is 11.6. The van der Waals surface area contributed by atoms with Crippen molar-refractivity contribution in [2.45, 2.75) is 43.8 Å². The molecule has 0 amide bonds. The van der Waals surface area contributed by atoms with Gasteiger partial charge in [-0.2, -0.15) is 26.1 Å². The zero-order valence-electron chi connectivity index (χ0n) is 21.2. The van der Waals surface area contributed by atoms with E-state index in [4.69, 9.17) is 9.47 Å². The van der Waals surface area contributed by atoms with Crippen molar-refractivity contribution in [2.75, 3.05) is 31.0 Å². The molecule has 1 aromatic heterocycles. The maximum atomic E-state index is 14.1. The highest BCUT2D eigenvalue weighted by molar-refractivity contribution is 8.04. The normalized spacial score (nSPS) is 17.4. The summed E-state index contributed by atoms with van der Waals surface area (Å²) in [6.07, 6.45) is -1.14. The number of ether oxygens (including phenoxy) is 2. The van der Waals surface area contributed by atoms with Crippen molar-refractivity contribution in [3.8, 4) is 5.88 Å². The smallest absolute Gasteiger partial charge is 0.347 e. The molecule has 1 aliphatic rings. The number of esters is 1. The van der Waals surface area contributed by atoms with Gasteiger partial charge in [-0.25, -0.2) is 18.6 Å². The van der Waals surface area contributed by atoms with E-state index in [1.54, 1.807) is 18.0 Å². The van der Waals surface area contributed by atoms with Gasteiger partial charge in [0.15, 0.2) is 22.9 Å². The molecule has 3 rings (SSSR count). The van der Waals surface area contributed by atoms with Gasteiger partial charge in [0.05, 0.1) is 6.61 Å². The van der Waals surface area contributed by atoms with E-state index >= 15 is 0 Å². The summed E-state index contributed by atoms with van der Waals surface area (Å²) in [7, 11) is -9.16. The predicted octanol–water partition coefficient (Wildman–Crippen LogP) is 1.16. The lowest BCUT2D eigenvalue weighted by molar-refractivity contribution is -0.150. The molecule has 18 heteroatoms. The van der Waals surface area contributed by atoms with E-state index < -0.39 is 49.9 Å². The van der Waals surface area contributed by atoms with E-state index in [9.17, 15) is 30.4 Å². The summed E-state index contributed by atoms with van der Waals surface area (Å²) in [5.74, 6) is -3.63. The third-order valence-electron chi connectivity index (χ3n) is 5.11. The van der Waals surface area contributed by atoms with E-state index in [0.717, 1.165) is 28.2 Å². The van der Waals surface area contributed by atoms with Crippen molar-refractivity contribution in [3.63, 3.8) is 0 Å². The molecule has 39 heavy (non-hydrogen) atoms. The van der Waals surface area contributed by atoms with Crippen LogP contribution in [-0.2, 0) is 35.7 Å². The summed E-state index contributed by atoms with van der Waals surface area (Å²) < 4.78 is 93.4. The number of carbonyl (C=O) groups excluding carboxylic acids is 1. The predicted molar refractivity (Wildman–Crippen MR) is 138 cm³/mol. The van der Waals surface area contributed by atoms with Crippen molar-refractivity contribution >= 4 is 44.0 Å². The van der Waals surface area contributed by atoms with Crippen molar-refractivity contribution in [1.82, 2.24) is 23.7 Å². The number of thioether (sulfide) groups is 1. The van der Waals surface area contributed by atoms with Crippen LogP contribution in [-0.4, -0.2) is 75.5 Å². The lowest BCUT2D eigenvalue weighted by atomic mass is 10.2. The molecule has 0 unspecified atom stereocenters. The number of halogens is 2. The van der Waals surface area contributed by atoms with Crippen LogP contribution in [0.5, 0.6) is 5.88 Å². The molecule has 1 aromatic carbocycles. The van der Waals surface area contributed by atoms with Gasteiger partial charge in [-0.3, -0.25) is 4.72 Å². The van der Waals surface area contributed by atoms with Gasteiger partial charge in [0.2, 0.25) is 5.88 Å². The summed E-state index contributed by atoms with van der Waals surface area (Å²) >= 11 is 0.819. The third-order valence-corrected chi connectivity index (χ3v) is 9.22. The molecule has 0 aliphatic carbocycles. The fourth-order valence-corrected chi connectivity index (χ4v) is 6.99. The molecule has 1 saturated heterocycles. The third kappa shape index (κ3) is 8.94. The molecule has 0 spiro atoms. The second-order valence-electron chi connectivity index (χ2n) is 8.29. The van der Waals surface area contributed by atoms with Crippen LogP contribution in [0.3, 0.4) is 0 Å². The minimum Gasteiger partial charge on any atom is -0.463 e. The summed E-state index contributed by atoms with van der Waals surface area (Å²) in [5, 5.41) is 2.92. The fourth-order valence-electron chi connectivity index (χ4n) is 3.34.